The first-order chi connectivity index (χ1) is 10.9. The van der Waals surface area contributed by atoms with E-state index in [1.165, 1.54) is 18.3 Å². The van der Waals surface area contributed by atoms with Crippen LogP contribution in [0, 0.1) is 12.8 Å². The van der Waals surface area contributed by atoms with Crippen molar-refractivity contribution in [2.45, 2.75) is 33.7 Å². The Morgan fingerprint density at radius 3 is 2.57 bits per heavy atom. The fourth-order valence-corrected chi connectivity index (χ4v) is 3.07. The van der Waals surface area contributed by atoms with Crippen molar-refractivity contribution in [2.24, 2.45) is 5.92 Å². The molecule has 2 aromatic rings. The largest absolute Gasteiger partial charge is 0.344 e. The molecule has 7 heteroatoms. The Hall–Kier alpha value is -2.28. The van der Waals surface area contributed by atoms with Crippen LogP contribution in [0.3, 0.4) is 0 Å². The first-order valence-electron chi connectivity index (χ1n) is 7.35. The maximum Gasteiger partial charge on any atom is 0.248 e. The number of thiazole rings is 1. The van der Waals surface area contributed by atoms with E-state index in [-0.39, 0.29) is 17.7 Å². The highest BCUT2D eigenvalue weighted by molar-refractivity contribution is 7.19. The molecule has 2 aromatic heterocycles. The Bertz CT molecular complexity index is 697. The number of anilines is 1. The van der Waals surface area contributed by atoms with Crippen LogP contribution in [-0.2, 0) is 9.59 Å². The standard InChI is InChI=1S/C16H20N4O2S/c1-9(2)13(19-11(4)21)15(22)20-16-18-10(3)14(23-16)12-7-5-6-8-17-12/h5-9,13H,1-4H3,(H,19,21)(H,18,20,22)/t13-/m1/s1. The minimum absolute atomic E-state index is 0.0183. The van der Waals surface area contributed by atoms with Gasteiger partial charge in [-0.1, -0.05) is 31.3 Å². The van der Waals surface area contributed by atoms with Gasteiger partial charge in [-0.3, -0.25) is 14.6 Å². The van der Waals surface area contributed by atoms with Gasteiger partial charge in [0.25, 0.3) is 0 Å². The molecule has 0 aliphatic heterocycles. The maximum absolute atomic E-state index is 12.4. The molecule has 1 atom stereocenters. The molecule has 0 saturated heterocycles. The minimum atomic E-state index is -0.588. The summed E-state index contributed by atoms with van der Waals surface area (Å²) in [5.41, 5.74) is 1.63. The van der Waals surface area contributed by atoms with E-state index in [9.17, 15) is 9.59 Å². The predicted octanol–water partition coefficient (Wildman–Crippen LogP) is 2.61. The van der Waals surface area contributed by atoms with Crippen LogP contribution in [0.4, 0.5) is 5.13 Å². The Balaban J connectivity index is 2.17. The van der Waals surface area contributed by atoms with Gasteiger partial charge in [0.15, 0.2) is 5.13 Å². The van der Waals surface area contributed by atoms with Crippen LogP contribution >= 0.6 is 11.3 Å². The summed E-state index contributed by atoms with van der Waals surface area (Å²) in [6, 6.07) is 5.07. The van der Waals surface area contributed by atoms with Crippen molar-refractivity contribution in [3.63, 3.8) is 0 Å². The second kappa shape index (κ2) is 7.32. The molecule has 0 aromatic carbocycles. The minimum Gasteiger partial charge on any atom is -0.344 e. The molecule has 2 heterocycles. The number of nitrogens with one attached hydrogen (secondary N) is 2. The van der Waals surface area contributed by atoms with Gasteiger partial charge in [0.1, 0.15) is 6.04 Å². The molecule has 0 saturated carbocycles. The highest BCUT2D eigenvalue weighted by Gasteiger charge is 2.24. The lowest BCUT2D eigenvalue weighted by atomic mass is 10.0. The van der Waals surface area contributed by atoms with E-state index < -0.39 is 6.04 Å². The van der Waals surface area contributed by atoms with Gasteiger partial charge in [-0.25, -0.2) is 4.98 Å². The summed E-state index contributed by atoms with van der Waals surface area (Å²) in [5, 5.41) is 5.96. The van der Waals surface area contributed by atoms with Crippen molar-refractivity contribution < 1.29 is 9.59 Å². The van der Waals surface area contributed by atoms with Crippen LogP contribution in [0.25, 0.3) is 10.6 Å². The zero-order chi connectivity index (χ0) is 17.0. The lowest BCUT2D eigenvalue weighted by Gasteiger charge is -2.20. The first-order valence-corrected chi connectivity index (χ1v) is 8.17. The SMILES string of the molecule is CC(=O)N[C@@H](C(=O)Nc1nc(C)c(-c2ccccn2)s1)C(C)C. The molecule has 0 radical (unpaired) electrons. The summed E-state index contributed by atoms with van der Waals surface area (Å²) in [7, 11) is 0. The van der Waals surface area contributed by atoms with Crippen LogP contribution in [0.2, 0.25) is 0 Å². The van der Waals surface area contributed by atoms with E-state index in [4.69, 9.17) is 0 Å². The third kappa shape index (κ3) is 4.35. The summed E-state index contributed by atoms with van der Waals surface area (Å²) >= 11 is 1.37. The molecule has 0 bridgehead atoms. The normalized spacial score (nSPS) is 12.0. The zero-order valence-corrected chi connectivity index (χ0v) is 14.4. The van der Waals surface area contributed by atoms with Gasteiger partial charge < -0.3 is 10.6 Å². The van der Waals surface area contributed by atoms with Gasteiger partial charge in [0.2, 0.25) is 11.8 Å². The maximum atomic E-state index is 12.4. The number of carbonyl (C=O) groups is 2. The Labute approximate surface area is 139 Å². The number of hydrogen-bond acceptors (Lipinski definition) is 5. The highest BCUT2D eigenvalue weighted by Crippen LogP contribution is 2.31. The van der Waals surface area contributed by atoms with E-state index in [1.54, 1.807) is 6.20 Å². The van der Waals surface area contributed by atoms with Gasteiger partial charge in [0.05, 0.1) is 16.3 Å². The third-order valence-corrected chi connectivity index (χ3v) is 4.33. The Kier molecular flexibility index (Phi) is 5.44. The van der Waals surface area contributed by atoms with Crippen LogP contribution in [-0.4, -0.2) is 27.8 Å². The molecule has 0 spiro atoms. The molecule has 0 unspecified atom stereocenters. The molecule has 0 aliphatic rings. The average molecular weight is 332 g/mol. The van der Waals surface area contributed by atoms with E-state index in [2.05, 4.69) is 20.6 Å². The topological polar surface area (TPSA) is 84.0 Å². The Morgan fingerprint density at radius 2 is 2.00 bits per heavy atom. The number of amides is 2. The molecule has 0 fully saturated rings. The monoisotopic (exact) mass is 332 g/mol. The molecule has 2 rings (SSSR count). The lowest BCUT2D eigenvalue weighted by molar-refractivity contribution is -0.126. The zero-order valence-electron chi connectivity index (χ0n) is 13.6. The van der Waals surface area contributed by atoms with Crippen LogP contribution in [0.1, 0.15) is 26.5 Å². The fourth-order valence-electron chi connectivity index (χ4n) is 2.12. The van der Waals surface area contributed by atoms with Crippen LogP contribution in [0.15, 0.2) is 24.4 Å². The van der Waals surface area contributed by atoms with Crippen LogP contribution < -0.4 is 10.6 Å². The van der Waals surface area contributed by atoms with Gasteiger partial charge in [0, 0.05) is 13.1 Å². The number of aryl methyl sites for hydroxylation is 1. The van der Waals surface area contributed by atoms with Crippen LogP contribution in [0.5, 0.6) is 0 Å². The van der Waals surface area contributed by atoms with Crippen molar-refractivity contribution in [3.8, 4) is 10.6 Å². The number of hydrogen-bond donors (Lipinski definition) is 2. The summed E-state index contributed by atoms with van der Waals surface area (Å²) in [4.78, 5) is 33.2. The predicted molar refractivity (Wildman–Crippen MR) is 91.2 cm³/mol. The molecule has 6 nitrogen and oxygen atoms in total. The van der Waals surface area contributed by atoms with Crippen molar-refractivity contribution in [1.82, 2.24) is 15.3 Å². The second-order valence-electron chi connectivity index (χ2n) is 5.56. The van der Waals surface area contributed by atoms with Gasteiger partial charge in [-0.05, 0) is 25.0 Å². The quantitative estimate of drug-likeness (QED) is 0.881. The smallest absolute Gasteiger partial charge is 0.248 e. The first kappa shape index (κ1) is 17.1. The number of rotatable bonds is 5. The number of aromatic nitrogens is 2. The molecule has 0 aliphatic carbocycles. The van der Waals surface area contributed by atoms with Gasteiger partial charge in [-0.15, -0.1) is 0 Å². The molecule has 122 valence electrons. The van der Waals surface area contributed by atoms with Crippen molar-refractivity contribution >= 4 is 28.3 Å². The molecular weight excluding hydrogens is 312 g/mol. The summed E-state index contributed by atoms with van der Waals surface area (Å²) in [6.45, 7) is 7.04. The van der Waals surface area contributed by atoms with Crippen molar-refractivity contribution in [3.05, 3.63) is 30.1 Å². The van der Waals surface area contributed by atoms with E-state index in [0.717, 1.165) is 16.3 Å². The van der Waals surface area contributed by atoms with Crippen molar-refractivity contribution in [2.75, 3.05) is 5.32 Å². The summed E-state index contributed by atoms with van der Waals surface area (Å²) < 4.78 is 0. The average Bonchev–Trinajstić information content (AvgIpc) is 2.85. The molecule has 2 N–H and O–H groups in total. The molecule has 2 amide bonds. The molecular formula is C16H20N4O2S. The second-order valence-corrected chi connectivity index (χ2v) is 6.56. The van der Waals surface area contributed by atoms with E-state index in [0.29, 0.717) is 5.13 Å². The summed E-state index contributed by atoms with van der Waals surface area (Å²) in [5.74, 6) is -0.518. The number of pyridine rings is 1. The van der Waals surface area contributed by atoms with Gasteiger partial charge in [-0.2, -0.15) is 0 Å². The third-order valence-electron chi connectivity index (χ3n) is 3.23. The lowest BCUT2D eigenvalue weighted by Crippen LogP contribution is -2.46. The van der Waals surface area contributed by atoms with E-state index in [1.807, 2.05) is 39.0 Å². The molecule has 23 heavy (non-hydrogen) atoms. The van der Waals surface area contributed by atoms with Crippen molar-refractivity contribution in [1.29, 1.82) is 0 Å². The van der Waals surface area contributed by atoms with Gasteiger partial charge >= 0.3 is 0 Å². The van der Waals surface area contributed by atoms with E-state index >= 15 is 0 Å². The Morgan fingerprint density at radius 1 is 1.26 bits per heavy atom. The highest BCUT2D eigenvalue weighted by atomic mass is 32.1. The summed E-state index contributed by atoms with van der Waals surface area (Å²) in [6.07, 6.45) is 1.72. The number of carbonyl (C=O) groups excluding carboxylic acids is 2. The number of nitrogens with zero attached hydrogens (tertiary/aromatic N) is 2. The fraction of sp³-hybridized carbons (Fsp3) is 0.375.